The quantitative estimate of drug-likeness (QED) is 0.308. The van der Waals surface area contributed by atoms with E-state index in [1.807, 2.05) is 0 Å². The molecular weight excluding hydrogens is 546 g/mol. The Morgan fingerprint density at radius 2 is 1.41 bits per heavy atom. The number of carbonyl (C=O) groups is 3. The summed E-state index contributed by atoms with van der Waals surface area (Å²) in [5, 5.41) is 1.77. The number of aromatic amines is 1. The molecule has 3 aromatic carbocycles. The maximum Gasteiger partial charge on any atom is 0.338 e. The van der Waals surface area contributed by atoms with E-state index >= 15 is 0 Å². The molecule has 1 aliphatic heterocycles. The van der Waals surface area contributed by atoms with Gasteiger partial charge in [-0.1, -0.05) is 78.5 Å². The van der Waals surface area contributed by atoms with Gasteiger partial charge in [0.2, 0.25) is 5.12 Å². The molecule has 0 saturated carbocycles. The number of hydrogen-bond donors (Lipinski definition) is 2. The molecule has 10 nitrogen and oxygen atoms in total. The van der Waals surface area contributed by atoms with Crippen LogP contribution >= 0.6 is 11.8 Å². The highest BCUT2D eigenvalue weighted by Gasteiger charge is 2.48. The number of aromatic nitrogens is 2. The fourth-order valence-corrected chi connectivity index (χ4v) is 5.66. The van der Waals surface area contributed by atoms with E-state index in [-0.39, 0.29) is 11.7 Å². The Bertz CT molecular complexity index is 1640. The zero-order valence-corrected chi connectivity index (χ0v) is 22.4. The molecule has 2 N–H and O–H groups in total. The van der Waals surface area contributed by atoms with Gasteiger partial charge in [-0.15, -0.1) is 0 Å². The highest BCUT2D eigenvalue weighted by atomic mass is 32.2. The minimum atomic E-state index is -1.10. The van der Waals surface area contributed by atoms with Crippen molar-refractivity contribution in [2.24, 2.45) is 0 Å². The van der Waals surface area contributed by atoms with Crippen molar-refractivity contribution < 1.29 is 23.9 Å². The van der Waals surface area contributed by atoms with Crippen LogP contribution in [-0.2, 0) is 9.47 Å². The molecule has 11 heteroatoms. The molecule has 1 aromatic heterocycles. The molecule has 208 valence electrons. The molecule has 0 unspecified atom stereocenters. The van der Waals surface area contributed by atoms with Gasteiger partial charge in [0.1, 0.15) is 12.7 Å². The lowest BCUT2D eigenvalue weighted by atomic mass is 10.1. The van der Waals surface area contributed by atoms with Crippen LogP contribution in [-0.4, -0.2) is 50.5 Å². The average Bonchev–Trinajstić information content (AvgIpc) is 3.33. The van der Waals surface area contributed by atoms with Crippen molar-refractivity contribution in [1.29, 1.82) is 0 Å². The second-order valence-corrected chi connectivity index (χ2v) is 10.3. The Balaban J connectivity index is 1.50. The molecule has 0 spiro atoms. The van der Waals surface area contributed by atoms with Crippen LogP contribution < -0.4 is 16.6 Å². The predicted octanol–water partition coefficient (Wildman–Crippen LogP) is 3.03. The van der Waals surface area contributed by atoms with Gasteiger partial charge in [0.15, 0.2) is 6.23 Å². The number of H-pyrrole nitrogens is 1. The van der Waals surface area contributed by atoms with Gasteiger partial charge in [-0.2, -0.15) is 0 Å². The SMILES string of the molecule is O=C(N[C@H]1[C@@H](SC(=O)c2ccccc2)[C@H](n2ccc(=O)[nH]c2=O)O[C@@H]1COC(=O)c1ccccc1)c1ccccc1. The standard InChI is InChI=1S/C30H25N3O7S/c34-23-16-17-33(30(38)31-23)27-25(41-29(37)21-14-8-3-9-15-21)24(32-26(35)19-10-4-1-5-11-19)22(40-27)18-39-28(36)20-12-6-2-7-13-20/h1-17,22,24-25,27H,18H2,(H,32,35)(H,31,34,38)/t22-,24-,25-,27-/m1/s1. The normalized spacial score (nSPS) is 19.8. The first-order valence-electron chi connectivity index (χ1n) is 12.7. The van der Waals surface area contributed by atoms with Gasteiger partial charge in [-0.3, -0.25) is 23.9 Å². The van der Waals surface area contributed by atoms with Crippen LogP contribution in [0.25, 0.3) is 0 Å². The fourth-order valence-electron chi connectivity index (χ4n) is 4.44. The third-order valence-corrected chi connectivity index (χ3v) is 7.70. The zero-order valence-electron chi connectivity index (χ0n) is 21.5. The number of carbonyl (C=O) groups excluding carboxylic acids is 3. The van der Waals surface area contributed by atoms with Crippen molar-refractivity contribution >= 4 is 28.8 Å². The largest absolute Gasteiger partial charge is 0.459 e. The first kappa shape index (κ1) is 27.8. The van der Waals surface area contributed by atoms with E-state index in [0.717, 1.165) is 22.4 Å². The topological polar surface area (TPSA) is 137 Å². The fraction of sp³-hybridized carbons (Fsp3) is 0.167. The molecule has 4 aromatic rings. The van der Waals surface area contributed by atoms with Gasteiger partial charge >= 0.3 is 11.7 Å². The number of rotatable bonds is 8. The summed E-state index contributed by atoms with van der Waals surface area (Å²) in [6.07, 6.45) is -0.778. The Morgan fingerprint density at radius 3 is 2.02 bits per heavy atom. The lowest BCUT2D eigenvalue weighted by Gasteiger charge is -2.25. The van der Waals surface area contributed by atoms with Crippen LogP contribution in [0, 0.1) is 0 Å². The molecule has 1 amide bonds. The molecule has 5 rings (SSSR count). The minimum absolute atomic E-state index is 0.279. The van der Waals surface area contributed by atoms with E-state index < -0.39 is 46.7 Å². The van der Waals surface area contributed by atoms with Gasteiger partial charge < -0.3 is 14.8 Å². The van der Waals surface area contributed by atoms with Crippen LogP contribution in [0.2, 0.25) is 0 Å². The molecule has 1 aliphatic rings. The average molecular weight is 572 g/mol. The lowest BCUT2D eigenvalue weighted by Crippen LogP contribution is -2.48. The highest BCUT2D eigenvalue weighted by molar-refractivity contribution is 8.14. The summed E-state index contributed by atoms with van der Waals surface area (Å²) in [5.41, 5.74) is -0.243. The number of esters is 1. The van der Waals surface area contributed by atoms with Crippen molar-refractivity contribution in [3.8, 4) is 0 Å². The van der Waals surface area contributed by atoms with Crippen molar-refractivity contribution in [2.75, 3.05) is 6.61 Å². The lowest BCUT2D eigenvalue weighted by molar-refractivity contribution is -0.0369. The Hall–Kier alpha value is -4.74. The van der Waals surface area contributed by atoms with Crippen molar-refractivity contribution in [3.63, 3.8) is 0 Å². The highest BCUT2D eigenvalue weighted by Crippen LogP contribution is 2.39. The molecule has 41 heavy (non-hydrogen) atoms. The number of amides is 1. The summed E-state index contributed by atoms with van der Waals surface area (Å²) in [6, 6.07) is 25.7. The van der Waals surface area contributed by atoms with Gasteiger partial charge in [0.25, 0.3) is 11.5 Å². The Kier molecular flexibility index (Phi) is 8.56. The molecule has 1 saturated heterocycles. The molecule has 0 aliphatic carbocycles. The van der Waals surface area contributed by atoms with Crippen LogP contribution in [0.15, 0.2) is 113 Å². The van der Waals surface area contributed by atoms with Crippen LogP contribution in [0.5, 0.6) is 0 Å². The van der Waals surface area contributed by atoms with Crippen LogP contribution in [0.3, 0.4) is 0 Å². The number of nitrogens with one attached hydrogen (secondary N) is 2. The third-order valence-electron chi connectivity index (χ3n) is 6.45. The van der Waals surface area contributed by atoms with Crippen molar-refractivity contribution in [3.05, 3.63) is 141 Å². The Morgan fingerprint density at radius 1 is 0.829 bits per heavy atom. The summed E-state index contributed by atoms with van der Waals surface area (Å²) in [7, 11) is 0. The monoisotopic (exact) mass is 571 g/mol. The predicted molar refractivity (Wildman–Crippen MR) is 152 cm³/mol. The molecule has 1 fully saturated rings. The Labute approximate surface area is 238 Å². The van der Waals surface area contributed by atoms with E-state index in [9.17, 15) is 24.0 Å². The number of thioether (sulfide) groups is 1. The van der Waals surface area contributed by atoms with E-state index in [2.05, 4.69) is 10.3 Å². The summed E-state index contributed by atoms with van der Waals surface area (Å²) in [6.45, 7) is -0.279. The van der Waals surface area contributed by atoms with E-state index in [1.165, 1.54) is 6.20 Å². The van der Waals surface area contributed by atoms with Crippen LogP contribution in [0.4, 0.5) is 0 Å². The summed E-state index contributed by atoms with van der Waals surface area (Å²) in [4.78, 5) is 66.1. The summed E-state index contributed by atoms with van der Waals surface area (Å²) in [5.74, 6) is -1.04. The first-order chi connectivity index (χ1) is 19.9. The van der Waals surface area contributed by atoms with Gasteiger partial charge in [-0.25, -0.2) is 9.59 Å². The number of ether oxygens (including phenoxy) is 2. The molecular formula is C30H25N3O7S. The smallest absolute Gasteiger partial charge is 0.338 e. The summed E-state index contributed by atoms with van der Waals surface area (Å²) < 4.78 is 12.9. The second kappa shape index (κ2) is 12.6. The van der Waals surface area contributed by atoms with Gasteiger partial charge in [0, 0.05) is 23.4 Å². The molecule has 0 bridgehead atoms. The molecule has 0 radical (unpaired) electrons. The van der Waals surface area contributed by atoms with Crippen LogP contribution in [0.1, 0.15) is 37.3 Å². The number of hydrogen-bond acceptors (Lipinski definition) is 8. The maximum atomic E-state index is 13.3. The van der Waals surface area contributed by atoms with Gasteiger partial charge in [0.05, 0.1) is 16.9 Å². The van der Waals surface area contributed by atoms with Crippen molar-refractivity contribution in [1.82, 2.24) is 14.9 Å². The summed E-state index contributed by atoms with van der Waals surface area (Å²) >= 11 is 0.885. The molecule has 2 heterocycles. The van der Waals surface area contributed by atoms with E-state index in [4.69, 9.17) is 9.47 Å². The second-order valence-electron chi connectivity index (χ2n) is 9.15. The third kappa shape index (κ3) is 6.53. The van der Waals surface area contributed by atoms with Crippen molar-refractivity contribution in [2.45, 2.75) is 23.6 Å². The maximum absolute atomic E-state index is 13.3. The number of benzene rings is 3. The van der Waals surface area contributed by atoms with E-state index in [0.29, 0.717) is 16.7 Å². The van der Waals surface area contributed by atoms with Gasteiger partial charge in [-0.05, 0) is 24.3 Å². The minimum Gasteiger partial charge on any atom is -0.459 e. The molecule has 4 atom stereocenters. The zero-order chi connectivity index (χ0) is 28.8. The first-order valence-corrected chi connectivity index (χ1v) is 13.6. The van der Waals surface area contributed by atoms with E-state index in [1.54, 1.807) is 91.0 Å². The number of nitrogens with zero attached hydrogens (tertiary/aromatic N) is 1.